The molecule has 0 aliphatic rings. The summed E-state index contributed by atoms with van der Waals surface area (Å²) in [6.07, 6.45) is 5.81. The fourth-order valence-electron chi connectivity index (χ4n) is 5.05. The molecule has 40 heavy (non-hydrogen) atoms. The molecule has 0 radical (unpaired) electrons. The summed E-state index contributed by atoms with van der Waals surface area (Å²) in [4.78, 5) is 9.53. The van der Waals surface area contributed by atoms with Gasteiger partial charge in [-0.2, -0.15) is 0 Å². The summed E-state index contributed by atoms with van der Waals surface area (Å²) >= 11 is 0. The number of hydrogen-bond donors (Lipinski definition) is 0. The maximum absolute atomic E-state index is 6.28. The molecule has 2 aromatic heterocycles. The Hall–Kier alpha value is -4.21. The normalized spacial score (nSPS) is 10.8. The third kappa shape index (κ3) is 5.30. The largest absolute Gasteiger partial charge is 2.00 e. The minimum absolute atomic E-state index is 0. The van der Waals surface area contributed by atoms with E-state index in [1.54, 1.807) is 0 Å². The number of aryl methyl sites for hydroxylation is 4. The molecule has 0 unspecified atom stereocenters. The topological polar surface area (TPSA) is 44.9 Å². The van der Waals surface area contributed by atoms with Crippen LogP contribution in [-0.2, 0) is 21.1 Å². The number of nitrogens with zero attached hydrogens (tertiary/aromatic N) is 4. The van der Waals surface area contributed by atoms with Gasteiger partial charge in [-0.05, 0) is 56.1 Å². The molecule has 0 aliphatic carbocycles. The maximum atomic E-state index is 6.28. The van der Waals surface area contributed by atoms with Crippen molar-refractivity contribution in [1.82, 2.24) is 19.1 Å². The van der Waals surface area contributed by atoms with Crippen LogP contribution >= 0.6 is 0 Å². The van der Waals surface area contributed by atoms with E-state index in [9.17, 15) is 0 Å². The molecule has 0 amide bonds. The molecule has 0 atom stereocenters. The molecular weight excluding hydrogens is 675 g/mol. The van der Waals surface area contributed by atoms with Gasteiger partial charge < -0.3 is 13.9 Å². The quantitative estimate of drug-likeness (QED) is 0.165. The number of aromatic nitrogens is 4. The molecule has 0 bridgehead atoms. The van der Waals surface area contributed by atoms with Gasteiger partial charge in [-0.25, -0.2) is 4.98 Å². The number of rotatable bonds is 6. The predicted octanol–water partition coefficient (Wildman–Crippen LogP) is 8.02. The predicted molar refractivity (Wildman–Crippen MR) is 155 cm³/mol. The van der Waals surface area contributed by atoms with E-state index in [2.05, 4.69) is 90.3 Å². The third-order valence-electron chi connectivity index (χ3n) is 6.85. The molecule has 5 nitrogen and oxygen atoms in total. The second-order valence-corrected chi connectivity index (χ2v) is 9.73. The van der Waals surface area contributed by atoms with Gasteiger partial charge in [0.2, 0.25) is 5.88 Å². The zero-order valence-electron chi connectivity index (χ0n) is 22.8. The van der Waals surface area contributed by atoms with Crippen LogP contribution in [0.4, 0.5) is 0 Å². The Kier molecular flexibility index (Phi) is 7.86. The summed E-state index contributed by atoms with van der Waals surface area (Å²) in [6, 6.07) is 32.9. The summed E-state index contributed by atoms with van der Waals surface area (Å²) in [5.41, 5.74) is 9.51. The van der Waals surface area contributed by atoms with Crippen LogP contribution in [0.15, 0.2) is 97.6 Å². The van der Waals surface area contributed by atoms with E-state index >= 15 is 0 Å². The summed E-state index contributed by atoms with van der Waals surface area (Å²) in [7, 11) is 0. The van der Waals surface area contributed by atoms with Crippen LogP contribution in [0.3, 0.4) is 0 Å². The molecule has 200 valence electrons. The molecule has 6 heteroatoms. The van der Waals surface area contributed by atoms with Gasteiger partial charge in [-0.15, -0.1) is 59.7 Å². The Balaban J connectivity index is 0.00000323. The van der Waals surface area contributed by atoms with Crippen LogP contribution in [0.1, 0.15) is 22.3 Å². The molecule has 0 saturated heterocycles. The summed E-state index contributed by atoms with van der Waals surface area (Å²) in [5.74, 6) is 1.83. The van der Waals surface area contributed by atoms with E-state index < -0.39 is 0 Å². The first-order valence-corrected chi connectivity index (χ1v) is 12.9. The zero-order valence-corrected chi connectivity index (χ0v) is 25.0. The van der Waals surface area contributed by atoms with Crippen molar-refractivity contribution in [1.29, 1.82) is 0 Å². The van der Waals surface area contributed by atoms with Crippen LogP contribution in [-0.4, -0.2) is 19.1 Å². The number of para-hydroxylation sites is 2. The minimum atomic E-state index is 0. The van der Waals surface area contributed by atoms with Gasteiger partial charge in [-0.3, -0.25) is 4.98 Å². The number of benzene rings is 4. The van der Waals surface area contributed by atoms with Crippen LogP contribution in [0.5, 0.6) is 11.6 Å². The number of hydrogen-bond acceptors (Lipinski definition) is 3. The van der Waals surface area contributed by atoms with Crippen molar-refractivity contribution in [2.75, 3.05) is 0 Å². The van der Waals surface area contributed by atoms with Crippen LogP contribution < -0.4 is 4.74 Å². The van der Waals surface area contributed by atoms with Crippen molar-refractivity contribution in [3.63, 3.8) is 0 Å². The Labute approximate surface area is 249 Å². The van der Waals surface area contributed by atoms with E-state index in [-0.39, 0.29) is 21.1 Å². The van der Waals surface area contributed by atoms with Gasteiger partial charge in [0.05, 0.1) is 24.0 Å². The number of ether oxygens (including phenoxy) is 1. The van der Waals surface area contributed by atoms with Crippen molar-refractivity contribution in [3.05, 3.63) is 132 Å². The molecule has 0 N–H and O–H groups in total. The first-order valence-electron chi connectivity index (χ1n) is 12.9. The van der Waals surface area contributed by atoms with E-state index in [1.165, 1.54) is 11.1 Å². The Bertz CT molecular complexity index is 1750. The Morgan fingerprint density at radius 2 is 1.35 bits per heavy atom. The van der Waals surface area contributed by atoms with Crippen LogP contribution in [0, 0.1) is 39.8 Å². The average molecular weight is 704 g/mol. The smallest absolute Gasteiger partial charge is 0.459 e. The van der Waals surface area contributed by atoms with E-state index in [4.69, 9.17) is 9.72 Å². The average Bonchev–Trinajstić information content (AvgIpc) is 3.57. The fourth-order valence-corrected chi connectivity index (χ4v) is 5.05. The molecule has 6 aromatic rings. The zero-order chi connectivity index (χ0) is 26.9. The van der Waals surface area contributed by atoms with Crippen molar-refractivity contribution in [2.24, 2.45) is 0 Å². The van der Waals surface area contributed by atoms with Crippen LogP contribution in [0.25, 0.3) is 34.0 Å². The first kappa shape index (κ1) is 27.4. The summed E-state index contributed by atoms with van der Waals surface area (Å²) < 4.78 is 10.4. The van der Waals surface area contributed by atoms with Gasteiger partial charge in [-0.1, -0.05) is 42.5 Å². The minimum Gasteiger partial charge on any atom is -0.459 e. The van der Waals surface area contributed by atoms with Crippen molar-refractivity contribution in [3.8, 4) is 45.6 Å². The van der Waals surface area contributed by atoms with Gasteiger partial charge in [0, 0.05) is 17.1 Å². The van der Waals surface area contributed by atoms with Crippen molar-refractivity contribution in [2.45, 2.75) is 27.7 Å². The third-order valence-corrected chi connectivity index (χ3v) is 6.85. The monoisotopic (exact) mass is 703 g/mol. The SMILES string of the molecule is Cc1cccc(C)c1-n1cnc(-c2[c-]c(Oc3cn(-c4c(C)cccc4C)c(-c4[c-]cccc4)n3)ccc2)c1.[Pt+2]. The summed E-state index contributed by atoms with van der Waals surface area (Å²) in [5, 5.41) is 0. The first-order chi connectivity index (χ1) is 19.0. The Morgan fingerprint density at radius 3 is 2.02 bits per heavy atom. The van der Waals surface area contributed by atoms with E-state index in [0.29, 0.717) is 11.6 Å². The second-order valence-electron chi connectivity index (χ2n) is 9.73. The molecule has 2 heterocycles. The fraction of sp³-hybridized carbons (Fsp3) is 0.118. The Morgan fingerprint density at radius 1 is 0.700 bits per heavy atom. The van der Waals surface area contributed by atoms with Crippen molar-refractivity contribution >= 4 is 0 Å². The maximum Gasteiger partial charge on any atom is 2.00 e. The van der Waals surface area contributed by atoms with Crippen LogP contribution in [0.2, 0.25) is 0 Å². The number of imidazole rings is 2. The van der Waals surface area contributed by atoms with E-state index in [1.807, 2.05) is 61.2 Å². The summed E-state index contributed by atoms with van der Waals surface area (Å²) in [6.45, 7) is 8.44. The molecule has 0 spiro atoms. The molecule has 0 saturated carbocycles. The second kappa shape index (κ2) is 11.5. The van der Waals surface area contributed by atoms with Gasteiger partial charge in [0.15, 0.2) is 0 Å². The van der Waals surface area contributed by atoms with E-state index in [0.717, 1.165) is 45.1 Å². The van der Waals surface area contributed by atoms with Gasteiger partial charge >= 0.3 is 21.1 Å². The molecule has 0 aliphatic heterocycles. The van der Waals surface area contributed by atoms with Crippen molar-refractivity contribution < 1.29 is 25.8 Å². The molecule has 4 aromatic carbocycles. The molecule has 6 rings (SSSR count). The standard InChI is InChI=1S/C34H28N4O.Pt/c1-23-11-8-12-24(2)32(23)37-20-30(35-22-37)28-17-10-18-29(19-28)39-31-21-38(33-25(3)13-9-14-26(33)4)34(36-31)27-15-6-5-7-16-27;/h5-15,17-18,20-22H,1-4H3;/q-2;+2. The van der Waals surface area contributed by atoms with Gasteiger partial charge in [0.1, 0.15) is 0 Å². The van der Waals surface area contributed by atoms with Gasteiger partial charge in [0.25, 0.3) is 0 Å². The molecule has 0 fully saturated rings. The molecular formula is C34H28N4OPt.